The van der Waals surface area contributed by atoms with Gasteiger partial charge in [0.1, 0.15) is 4.90 Å². The maximum Gasteiger partial charge on any atom is 0.244 e. The Bertz CT molecular complexity index is 773. The predicted octanol–water partition coefficient (Wildman–Crippen LogP) is 2.83. The molecule has 0 bridgehead atoms. The summed E-state index contributed by atoms with van der Waals surface area (Å²) >= 11 is 6.08. The van der Waals surface area contributed by atoms with Crippen molar-refractivity contribution in [1.82, 2.24) is 14.1 Å². The lowest BCUT2D eigenvalue weighted by Crippen LogP contribution is -2.52. The molecule has 1 aromatic carbocycles. The number of likely N-dealkylation sites (N-methyl/N-ethyl adjacent to an activating group) is 1. The molecule has 2 aliphatic rings. The second kappa shape index (κ2) is 9.57. The maximum absolute atomic E-state index is 12.8. The van der Waals surface area contributed by atoms with Crippen molar-refractivity contribution in [2.45, 2.75) is 50.0 Å². The van der Waals surface area contributed by atoms with Gasteiger partial charge in [0.25, 0.3) is 0 Å². The maximum atomic E-state index is 12.8. The molecule has 3 rings (SSSR count). The molecule has 0 radical (unpaired) electrons. The van der Waals surface area contributed by atoms with Gasteiger partial charge in [-0.3, -0.25) is 9.69 Å². The van der Waals surface area contributed by atoms with Crippen LogP contribution in [0.4, 0.5) is 0 Å². The number of hydrogen-bond donors (Lipinski definition) is 0. The van der Waals surface area contributed by atoms with Crippen molar-refractivity contribution in [3.05, 3.63) is 29.3 Å². The van der Waals surface area contributed by atoms with Gasteiger partial charge in [0.15, 0.2) is 0 Å². The summed E-state index contributed by atoms with van der Waals surface area (Å²) < 4.78 is 27.2. The van der Waals surface area contributed by atoms with E-state index in [0.717, 1.165) is 19.4 Å². The molecule has 28 heavy (non-hydrogen) atoms. The summed E-state index contributed by atoms with van der Waals surface area (Å²) in [6.45, 7) is 5.00. The number of piperazine rings is 1. The predicted molar refractivity (Wildman–Crippen MR) is 111 cm³/mol. The van der Waals surface area contributed by atoms with Crippen LogP contribution in [0.15, 0.2) is 29.2 Å². The quantitative estimate of drug-likeness (QED) is 0.700. The zero-order valence-electron chi connectivity index (χ0n) is 16.5. The van der Waals surface area contributed by atoms with E-state index in [2.05, 4.69) is 4.90 Å². The van der Waals surface area contributed by atoms with Gasteiger partial charge in [-0.05, 0) is 31.9 Å². The van der Waals surface area contributed by atoms with Crippen LogP contribution in [-0.2, 0) is 14.8 Å². The molecular formula is C20H30ClN3O3S. The molecule has 1 aromatic rings. The fourth-order valence-corrected chi connectivity index (χ4v) is 6.15. The van der Waals surface area contributed by atoms with Crippen molar-refractivity contribution in [3.63, 3.8) is 0 Å². The van der Waals surface area contributed by atoms with E-state index in [-0.39, 0.29) is 15.8 Å². The number of amides is 1. The van der Waals surface area contributed by atoms with Crippen molar-refractivity contribution in [2.75, 3.05) is 39.3 Å². The Labute approximate surface area is 173 Å². The van der Waals surface area contributed by atoms with Crippen LogP contribution >= 0.6 is 11.6 Å². The summed E-state index contributed by atoms with van der Waals surface area (Å²) in [6.07, 6.45) is 5.87. The number of sulfonamides is 1. The van der Waals surface area contributed by atoms with Crippen LogP contribution in [0.5, 0.6) is 0 Å². The lowest BCUT2D eigenvalue weighted by Gasteiger charge is -2.37. The van der Waals surface area contributed by atoms with E-state index in [4.69, 9.17) is 11.6 Å². The van der Waals surface area contributed by atoms with Gasteiger partial charge < -0.3 is 4.90 Å². The molecule has 156 valence electrons. The summed E-state index contributed by atoms with van der Waals surface area (Å²) in [7, 11) is -3.60. The highest BCUT2D eigenvalue weighted by Crippen LogP contribution is 2.25. The van der Waals surface area contributed by atoms with Gasteiger partial charge in [-0.25, -0.2) is 8.42 Å². The van der Waals surface area contributed by atoms with Crippen molar-refractivity contribution in [3.8, 4) is 0 Å². The summed E-state index contributed by atoms with van der Waals surface area (Å²) in [5, 5.41) is 0.242. The third kappa shape index (κ3) is 4.87. The van der Waals surface area contributed by atoms with Crippen LogP contribution in [0.3, 0.4) is 0 Å². The Balaban J connectivity index is 1.56. The lowest BCUT2D eigenvalue weighted by molar-refractivity contribution is -0.135. The second-order valence-corrected chi connectivity index (χ2v) is 9.90. The Kier molecular flexibility index (Phi) is 7.36. The molecule has 1 saturated carbocycles. The van der Waals surface area contributed by atoms with E-state index in [1.807, 2.05) is 11.8 Å². The van der Waals surface area contributed by atoms with Gasteiger partial charge in [0.05, 0.1) is 11.6 Å². The zero-order chi connectivity index (χ0) is 20.1. The van der Waals surface area contributed by atoms with Gasteiger partial charge in [0, 0.05) is 38.8 Å². The SMILES string of the molecule is CCN(C(=O)CN1CCN(S(=O)(=O)c2ccccc2Cl)CC1)C1CCCCC1. The smallest absolute Gasteiger partial charge is 0.244 e. The summed E-state index contributed by atoms with van der Waals surface area (Å²) in [6, 6.07) is 6.90. The molecule has 1 amide bonds. The highest BCUT2D eigenvalue weighted by Gasteiger charge is 2.31. The molecule has 0 atom stereocenters. The number of halogens is 1. The Hall–Kier alpha value is -1.15. The third-order valence-corrected chi connectivity index (χ3v) is 8.22. The summed E-state index contributed by atoms with van der Waals surface area (Å²) in [5.74, 6) is 0.164. The molecule has 0 aromatic heterocycles. The molecule has 8 heteroatoms. The molecular weight excluding hydrogens is 398 g/mol. The fraction of sp³-hybridized carbons (Fsp3) is 0.650. The minimum Gasteiger partial charge on any atom is -0.339 e. The second-order valence-electron chi connectivity index (χ2n) is 7.58. The van der Waals surface area contributed by atoms with E-state index in [1.54, 1.807) is 18.2 Å². The van der Waals surface area contributed by atoms with Gasteiger partial charge in [0.2, 0.25) is 15.9 Å². The first-order chi connectivity index (χ1) is 13.4. The van der Waals surface area contributed by atoms with Crippen LogP contribution in [0.25, 0.3) is 0 Å². The molecule has 2 fully saturated rings. The number of hydrogen-bond acceptors (Lipinski definition) is 4. The minimum absolute atomic E-state index is 0.149. The van der Waals surface area contributed by atoms with Crippen LogP contribution in [0.1, 0.15) is 39.0 Å². The number of carbonyl (C=O) groups excluding carboxylic acids is 1. The summed E-state index contributed by atoms with van der Waals surface area (Å²) in [4.78, 5) is 17.1. The Morgan fingerprint density at radius 2 is 1.75 bits per heavy atom. The third-order valence-electron chi connectivity index (χ3n) is 5.82. The van der Waals surface area contributed by atoms with Crippen molar-refractivity contribution < 1.29 is 13.2 Å². The van der Waals surface area contributed by atoms with Crippen LogP contribution in [-0.4, -0.2) is 73.7 Å². The van der Waals surface area contributed by atoms with Gasteiger partial charge in [-0.1, -0.05) is 43.0 Å². The number of rotatable bonds is 6. The first-order valence-corrected chi connectivity index (χ1v) is 12.0. The van der Waals surface area contributed by atoms with E-state index in [1.165, 1.54) is 29.6 Å². The van der Waals surface area contributed by atoms with E-state index >= 15 is 0 Å². The van der Waals surface area contributed by atoms with E-state index in [9.17, 15) is 13.2 Å². The number of benzene rings is 1. The van der Waals surface area contributed by atoms with E-state index < -0.39 is 10.0 Å². The Morgan fingerprint density at radius 3 is 2.36 bits per heavy atom. The topological polar surface area (TPSA) is 60.9 Å². The van der Waals surface area contributed by atoms with Crippen molar-refractivity contribution in [1.29, 1.82) is 0 Å². The highest BCUT2D eigenvalue weighted by atomic mass is 35.5. The number of nitrogens with zero attached hydrogens (tertiary/aromatic N) is 3. The van der Waals surface area contributed by atoms with Gasteiger partial charge in [-0.15, -0.1) is 0 Å². The normalized spacial score (nSPS) is 20.2. The van der Waals surface area contributed by atoms with Crippen LogP contribution in [0.2, 0.25) is 5.02 Å². The molecule has 1 aliphatic heterocycles. The first-order valence-electron chi connectivity index (χ1n) is 10.2. The minimum atomic E-state index is -3.60. The zero-order valence-corrected chi connectivity index (χ0v) is 18.1. The Morgan fingerprint density at radius 1 is 1.11 bits per heavy atom. The molecule has 0 spiro atoms. The average Bonchev–Trinajstić information content (AvgIpc) is 2.70. The lowest BCUT2D eigenvalue weighted by atomic mass is 9.94. The highest BCUT2D eigenvalue weighted by molar-refractivity contribution is 7.89. The number of carbonyl (C=O) groups is 1. The summed E-state index contributed by atoms with van der Waals surface area (Å²) in [5.41, 5.74) is 0. The molecule has 1 heterocycles. The fourth-order valence-electron chi connectivity index (χ4n) is 4.23. The van der Waals surface area contributed by atoms with Crippen molar-refractivity contribution in [2.24, 2.45) is 0 Å². The van der Waals surface area contributed by atoms with E-state index in [0.29, 0.717) is 38.8 Å². The molecule has 6 nitrogen and oxygen atoms in total. The molecule has 0 N–H and O–H groups in total. The standard InChI is InChI=1S/C20H30ClN3O3S/c1-2-24(17-8-4-3-5-9-17)20(25)16-22-12-14-23(15-13-22)28(26,27)19-11-7-6-10-18(19)21/h6-7,10-11,17H,2-5,8-9,12-16H2,1H3. The average molecular weight is 428 g/mol. The van der Waals surface area contributed by atoms with Crippen LogP contribution < -0.4 is 0 Å². The van der Waals surface area contributed by atoms with Gasteiger partial charge in [-0.2, -0.15) is 4.31 Å². The van der Waals surface area contributed by atoms with Crippen molar-refractivity contribution >= 4 is 27.5 Å². The first kappa shape index (κ1) is 21.6. The monoisotopic (exact) mass is 427 g/mol. The molecule has 1 saturated heterocycles. The molecule has 1 aliphatic carbocycles. The molecule has 0 unspecified atom stereocenters. The van der Waals surface area contributed by atoms with Crippen LogP contribution in [0, 0.1) is 0 Å². The largest absolute Gasteiger partial charge is 0.339 e. The van der Waals surface area contributed by atoms with Gasteiger partial charge >= 0.3 is 0 Å².